The van der Waals surface area contributed by atoms with Gasteiger partial charge in [-0.05, 0) is 43.0 Å². The van der Waals surface area contributed by atoms with Crippen LogP contribution in [-0.2, 0) is 85.6 Å². The molecule has 12 heterocycles. The zero-order valence-electron chi connectivity index (χ0n) is 76.7. The summed E-state index contributed by atoms with van der Waals surface area (Å²) in [6.07, 6.45) is -12.8. The predicted molar refractivity (Wildman–Crippen MR) is 492 cm³/mol. The number of aromatic nitrogens is 8. The molecule has 0 bridgehead atoms. The number of esters is 9. The molecule has 4 fully saturated rings. The number of aliphatic hydroxyl groups excluding tert-OH is 7. The van der Waals surface area contributed by atoms with Gasteiger partial charge in [-0.1, -0.05) is 100 Å². The van der Waals surface area contributed by atoms with Gasteiger partial charge in [-0.25, -0.2) is 39.1 Å². The Morgan fingerprint density at radius 3 is 0.935 bits per heavy atom. The number of benzene rings is 4. The van der Waals surface area contributed by atoms with E-state index >= 15 is 0 Å². The number of carbonyl (C=O) groups is 13. The van der Waals surface area contributed by atoms with Crippen LogP contribution >= 0.6 is 45.3 Å². The molecule has 0 aliphatic carbocycles. The third kappa shape index (κ3) is 21.9. The molecule has 16 rings (SSSR count). The molecule has 139 heavy (non-hydrogen) atoms. The normalized spacial score (nSPS) is 24.3. The monoisotopic (exact) mass is 1990 g/mol. The van der Waals surface area contributed by atoms with Gasteiger partial charge in [-0.15, -0.1) is 45.3 Å². The van der Waals surface area contributed by atoms with Crippen molar-refractivity contribution >= 4 is 166 Å². The van der Waals surface area contributed by atoms with Gasteiger partial charge >= 0.3 is 53.7 Å². The van der Waals surface area contributed by atoms with E-state index in [1.54, 1.807) is 90.5 Å². The maximum Gasteiger partial charge on any atom is 0.357 e. The molecule has 45 heteroatoms. The van der Waals surface area contributed by atoms with Crippen molar-refractivity contribution in [3.05, 3.63) is 208 Å². The fraction of sp³-hybridized carbons (Fsp3) is 0.394. The molecule has 4 aliphatic rings. The van der Waals surface area contributed by atoms with Crippen molar-refractivity contribution in [1.82, 2.24) is 38.2 Å². The lowest BCUT2D eigenvalue weighted by Crippen LogP contribution is -2.60. The average Bonchev–Trinajstić information content (AvgIpc) is 1.57. The fourth-order valence-corrected chi connectivity index (χ4v) is 19.7. The first-order valence-corrected chi connectivity index (χ1v) is 46.8. The summed E-state index contributed by atoms with van der Waals surface area (Å²) in [5.74, 6) is -7.30. The Balaban J connectivity index is 0.000000158. The summed E-state index contributed by atoms with van der Waals surface area (Å²) in [7, 11) is 4.93. The second kappa shape index (κ2) is 44.9. The van der Waals surface area contributed by atoms with Gasteiger partial charge in [0.15, 0.2) is 86.0 Å². The summed E-state index contributed by atoms with van der Waals surface area (Å²) < 4.78 is 76.8. The lowest BCUT2D eigenvalue weighted by molar-refractivity contribution is -0.267. The van der Waals surface area contributed by atoms with E-state index in [2.05, 4.69) is 54.9 Å². The van der Waals surface area contributed by atoms with Crippen LogP contribution in [-0.4, -0.2) is 278 Å². The molecule has 0 amide bonds. The highest BCUT2D eigenvalue weighted by Gasteiger charge is 2.54. The summed E-state index contributed by atoms with van der Waals surface area (Å²) in [5.41, 5.74) is 3.69. The van der Waals surface area contributed by atoms with Gasteiger partial charge in [0.1, 0.15) is 61.5 Å². The number of para-hydroxylation sites is 4. The van der Waals surface area contributed by atoms with Crippen molar-refractivity contribution in [3.8, 4) is 0 Å². The number of hydrogen-bond acceptors (Lipinski definition) is 41. The lowest BCUT2D eigenvalue weighted by Gasteiger charge is -2.44. The van der Waals surface area contributed by atoms with E-state index in [0.717, 1.165) is 83.4 Å². The highest BCUT2D eigenvalue weighted by Crippen LogP contribution is 2.45. The third-order valence-corrected chi connectivity index (χ3v) is 26.9. The Morgan fingerprint density at radius 2 is 0.619 bits per heavy atom. The predicted octanol–water partition coefficient (Wildman–Crippen LogP) is 8.59. The fourth-order valence-electron chi connectivity index (χ4n) is 16.7. The van der Waals surface area contributed by atoms with Crippen molar-refractivity contribution in [2.24, 2.45) is 11.8 Å². The first-order valence-electron chi connectivity index (χ1n) is 43.3. The number of methoxy groups -OCH3 is 4. The first kappa shape index (κ1) is 103. The lowest BCUT2D eigenvalue weighted by atomic mass is 9.82. The van der Waals surface area contributed by atoms with Crippen LogP contribution < -0.4 is 0 Å². The van der Waals surface area contributed by atoms with E-state index in [1.807, 2.05) is 28.8 Å². The molecule has 4 aliphatic heterocycles. The summed E-state index contributed by atoms with van der Waals surface area (Å²) in [4.78, 5) is 177. The number of hydrogen-bond donors (Lipinski definition) is 7. The molecule has 0 saturated carbocycles. The molecule has 4 saturated heterocycles. The van der Waals surface area contributed by atoms with Crippen LogP contribution in [0.15, 0.2) is 143 Å². The maximum absolute atomic E-state index is 13.6. The first-order chi connectivity index (χ1) is 66.4. The molecular formula is C94H98N8O33S4. The number of ether oxygens (including phenoxy) is 13. The quantitative estimate of drug-likeness (QED) is 0.0160. The van der Waals surface area contributed by atoms with Gasteiger partial charge in [0.25, 0.3) is 0 Å². The Bertz CT molecular complexity index is 6420. The minimum atomic E-state index is -1.56. The molecule has 7 N–H and O–H groups in total. The zero-order valence-corrected chi connectivity index (χ0v) is 80.0. The van der Waals surface area contributed by atoms with Crippen LogP contribution in [0.1, 0.15) is 203 Å². The molecular weight excluding hydrogens is 1900 g/mol. The standard InChI is InChI=1S/C28H28N2O12S.C25H28N2O6S.C21H22N2O7S.C20H20N2O8S/c1-13(31)38-11-21-23(39-14(2)32)24(40-15(3)33)25(41-16(4)34)27(42-21)30-10-18(17-8-6-7-9-20(17)30)22(35)26-29-19(12-43-26)28(36)37-5;1-6-20-13(2)14(3)22(32-15(4)28)24(33-20)27-11-17(16-9-7-8-10-19(16)27)21(29)23-26-18(12-34-23)25(30)31-5;1-3-14-16(25)17(26)18(27)20(30-14)23-8-11(10-6-4-5-7-13(10)23)15(24)19-22-12(9-31-19)21(28)29-2;1-29-20(28)11-8-31-18(21-11)14(24)10-6-22(12-5-3-2-4-9(10)12)19-17(27)16(26)15(25)13(7-23)30-19/h6-10,12,21,23-25,27H,11H2,1-5H3;7-14,20,22,24H,6H2,1-5H3;4-9,14,16-18,20,25-27H,3H2,1-2H3;2-6,8,13,15-17,19,23,25-27H,7H2,1H3. The van der Waals surface area contributed by atoms with Crippen LogP contribution in [0.25, 0.3) is 43.6 Å². The van der Waals surface area contributed by atoms with Crippen molar-refractivity contribution in [1.29, 1.82) is 0 Å². The van der Waals surface area contributed by atoms with E-state index in [1.165, 1.54) is 91.5 Å². The zero-order chi connectivity index (χ0) is 101. The van der Waals surface area contributed by atoms with Crippen LogP contribution in [0.4, 0.5) is 0 Å². The molecule has 41 nitrogen and oxygen atoms in total. The SMILES string of the molecule is CCC1OC(n2cc(C(=O)c3nc(C(=O)OC)cs3)c3ccccc32)C(O)C(O)C1O.CCC1OC(n2cc(C(=O)c3nc(C(=O)OC)cs3)c3ccccc32)C(OC(C)=O)C(C)C1C.COC(=O)c1csc(C(=O)c2cn(C3OC(CO)C(O)C(O)C3O)c3ccccc23)n1.COC(=O)c1csc(C(=O)c2cn(C3OC(COC(C)=O)C(OC(C)=O)C(OC(C)=O)C3OC(C)=O)c3ccccc23)n1. The van der Waals surface area contributed by atoms with Gasteiger partial charge in [0.2, 0.25) is 23.1 Å². The van der Waals surface area contributed by atoms with Crippen molar-refractivity contribution < 1.29 is 160 Å². The van der Waals surface area contributed by atoms with E-state index in [9.17, 15) is 98.1 Å². The Labute approximate surface area is 806 Å². The number of nitrogens with zero attached hydrogens (tertiary/aromatic N) is 8. The third-order valence-electron chi connectivity index (χ3n) is 23.6. The number of ketones is 4. The number of fused-ring (bicyclic) bond motifs is 4. The Kier molecular flexibility index (Phi) is 33.4. The number of aliphatic hydroxyl groups is 7. The molecule has 20 atom stereocenters. The van der Waals surface area contributed by atoms with E-state index in [4.69, 9.17) is 47.4 Å². The summed E-state index contributed by atoms with van der Waals surface area (Å²) >= 11 is 4.08. The average molecular weight is 2000 g/mol. The van der Waals surface area contributed by atoms with Gasteiger partial charge in [0.05, 0.1) is 91.6 Å². The van der Waals surface area contributed by atoms with Crippen LogP contribution in [0.3, 0.4) is 0 Å². The Hall–Kier alpha value is -13.0. The van der Waals surface area contributed by atoms with E-state index in [0.29, 0.717) is 50.3 Å². The van der Waals surface area contributed by atoms with Crippen LogP contribution in [0.5, 0.6) is 0 Å². The summed E-state index contributed by atoms with van der Waals surface area (Å²) in [6, 6.07) is 28.2. The molecule has 4 aromatic carbocycles. The number of thiazole rings is 4. The van der Waals surface area contributed by atoms with Gasteiger partial charge in [0, 0.05) is 108 Å². The van der Waals surface area contributed by atoms with Crippen molar-refractivity contribution in [3.63, 3.8) is 0 Å². The van der Waals surface area contributed by atoms with Gasteiger partial charge in [-0.2, -0.15) is 0 Å². The largest absolute Gasteiger partial charge is 0.464 e. The molecule has 0 radical (unpaired) electrons. The Morgan fingerprint density at radius 1 is 0.338 bits per heavy atom. The minimum absolute atomic E-state index is 0.0184. The molecule has 8 aromatic heterocycles. The van der Waals surface area contributed by atoms with E-state index < -0.39 is 183 Å². The van der Waals surface area contributed by atoms with Crippen molar-refractivity contribution in [2.75, 3.05) is 41.7 Å². The second-order valence-electron chi connectivity index (χ2n) is 32.3. The molecule has 20 unspecified atom stereocenters. The van der Waals surface area contributed by atoms with Crippen LogP contribution in [0, 0.1) is 11.8 Å². The maximum atomic E-state index is 13.6. The molecule has 12 aromatic rings. The highest BCUT2D eigenvalue weighted by atomic mass is 32.1. The summed E-state index contributed by atoms with van der Waals surface area (Å²) in [5, 5.41) is 79.8. The molecule has 736 valence electrons. The minimum Gasteiger partial charge on any atom is -0.464 e. The topological polar surface area (TPSA) is 555 Å². The van der Waals surface area contributed by atoms with Crippen molar-refractivity contribution in [2.45, 2.75) is 186 Å². The number of carbonyl (C=O) groups excluding carboxylic acids is 13. The smallest absolute Gasteiger partial charge is 0.357 e. The van der Waals surface area contributed by atoms with Crippen LogP contribution in [0.2, 0.25) is 0 Å². The summed E-state index contributed by atoms with van der Waals surface area (Å²) in [6.45, 7) is 13.0. The number of rotatable bonds is 25. The van der Waals surface area contributed by atoms with Gasteiger partial charge in [-0.3, -0.25) is 43.2 Å². The molecule has 0 spiro atoms. The van der Waals surface area contributed by atoms with Gasteiger partial charge < -0.3 is 116 Å². The van der Waals surface area contributed by atoms with E-state index in [-0.39, 0.29) is 83.6 Å². The highest BCUT2D eigenvalue weighted by molar-refractivity contribution is 7.13. The second-order valence-corrected chi connectivity index (χ2v) is 35.8.